The van der Waals surface area contributed by atoms with Crippen LogP contribution in [0, 0.1) is 13.8 Å². The molecule has 0 aliphatic rings. The van der Waals surface area contributed by atoms with Crippen molar-refractivity contribution in [3.63, 3.8) is 0 Å². The van der Waals surface area contributed by atoms with Crippen molar-refractivity contribution in [2.24, 2.45) is 0 Å². The Hall–Kier alpha value is -1.52. The first-order valence-electron chi connectivity index (χ1n) is 6.06. The average molecular weight is 308 g/mol. The van der Waals surface area contributed by atoms with E-state index in [2.05, 4.69) is 4.98 Å². The maximum atomic E-state index is 11.4. The van der Waals surface area contributed by atoms with Crippen molar-refractivity contribution in [3.05, 3.63) is 57.7 Å². The van der Waals surface area contributed by atoms with E-state index in [-0.39, 0.29) is 5.56 Å². The molecule has 2 rings (SSSR count). The molecule has 1 heterocycles. The van der Waals surface area contributed by atoms with Crippen LogP contribution >= 0.6 is 23.4 Å². The number of halogens is 1. The summed E-state index contributed by atoms with van der Waals surface area (Å²) in [5.74, 6) is -0.354. The molecule has 0 radical (unpaired) electrons. The SMILES string of the molecule is Cc1cc(C)c(C(=O)O)c(SCc2ccccc2Cl)n1. The van der Waals surface area contributed by atoms with E-state index in [9.17, 15) is 9.90 Å². The van der Waals surface area contributed by atoms with Crippen molar-refractivity contribution in [2.45, 2.75) is 24.6 Å². The molecule has 1 aromatic heterocycles. The Kier molecular flexibility index (Phi) is 4.68. The highest BCUT2D eigenvalue weighted by molar-refractivity contribution is 7.98. The number of carboxylic acid groups (broad SMARTS) is 1. The third-order valence-electron chi connectivity index (χ3n) is 2.85. The number of hydrogen-bond acceptors (Lipinski definition) is 3. The monoisotopic (exact) mass is 307 g/mol. The summed E-state index contributed by atoms with van der Waals surface area (Å²) in [4.78, 5) is 15.7. The third kappa shape index (κ3) is 3.32. The quantitative estimate of drug-likeness (QED) is 0.854. The van der Waals surface area contributed by atoms with Crippen LogP contribution in [0.25, 0.3) is 0 Å². The lowest BCUT2D eigenvalue weighted by Gasteiger charge is -2.10. The molecule has 104 valence electrons. The summed E-state index contributed by atoms with van der Waals surface area (Å²) in [5.41, 5.74) is 2.78. The van der Waals surface area contributed by atoms with Gasteiger partial charge in [-0.05, 0) is 37.1 Å². The molecular formula is C15H14ClNO2S. The molecule has 0 aliphatic heterocycles. The van der Waals surface area contributed by atoms with Gasteiger partial charge in [-0.1, -0.05) is 29.8 Å². The van der Waals surface area contributed by atoms with Crippen molar-refractivity contribution in [1.82, 2.24) is 4.98 Å². The van der Waals surface area contributed by atoms with Gasteiger partial charge in [0.15, 0.2) is 0 Å². The number of pyridine rings is 1. The summed E-state index contributed by atoms with van der Waals surface area (Å²) < 4.78 is 0. The van der Waals surface area contributed by atoms with Crippen LogP contribution in [-0.4, -0.2) is 16.1 Å². The maximum absolute atomic E-state index is 11.4. The van der Waals surface area contributed by atoms with Gasteiger partial charge in [0.25, 0.3) is 0 Å². The first kappa shape index (κ1) is 14.9. The number of thioether (sulfide) groups is 1. The number of carboxylic acids is 1. The van der Waals surface area contributed by atoms with Gasteiger partial charge in [0.2, 0.25) is 0 Å². The fraction of sp³-hybridized carbons (Fsp3) is 0.200. The molecule has 1 aromatic carbocycles. The van der Waals surface area contributed by atoms with Gasteiger partial charge < -0.3 is 5.11 Å². The van der Waals surface area contributed by atoms with Gasteiger partial charge in [0, 0.05) is 16.5 Å². The molecule has 0 saturated carbocycles. The molecule has 0 bridgehead atoms. The molecule has 0 fully saturated rings. The minimum absolute atomic E-state index is 0.271. The van der Waals surface area contributed by atoms with Crippen LogP contribution in [0.2, 0.25) is 5.02 Å². The van der Waals surface area contributed by atoms with Gasteiger partial charge in [0.1, 0.15) is 5.03 Å². The van der Waals surface area contributed by atoms with E-state index in [1.165, 1.54) is 11.8 Å². The van der Waals surface area contributed by atoms with Gasteiger partial charge in [0.05, 0.1) is 5.56 Å². The van der Waals surface area contributed by atoms with Crippen LogP contribution in [0.5, 0.6) is 0 Å². The molecule has 0 amide bonds. The number of aromatic carboxylic acids is 1. The zero-order chi connectivity index (χ0) is 14.7. The van der Waals surface area contributed by atoms with Crippen LogP contribution < -0.4 is 0 Å². The first-order valence-corrected chi connectivity index (χ1v) is 7.43. The standard InChI is InChI=1S/C15H14ClNO2S/c1-9-7-10(2)17-14(13(9)15(18)19)20-8-11-5-3-4-6-12(11)16/h3-7H,8H2,1-2H3,(H,18,19). The van der Waals surface area contributed by atoms with Gasteiger partial charge >= 0.3 is 5.97 Å². The van der Waals surface area contributed by atoms with E-state index < -0.39 is 5.97 Å². The van der Waals surface area contributed by atoms with E-state index in [4.69, 9.17) is 11.6 Å². The Morgan fingerprint density at radius 3 is 2.70 bits per heavy atom. The highest BCUT2D eigenvalue weighted by Gasteiger charge is 2.16. The summed E-state index contributed by atoms with van der Waals surface area (Å²) >= 11 is 7.50. The van der Waals surface area contributed by atoms with Crippen molar-refractivity contribution < 1.29 is 9.90 Å². The molecule has 3 nitrogen and oxygen atoms in total. The average Bonchev–Trinajstić information content (AvgIpc) is 2.36. The van der Waals surface area contributed by atoms with E-state index in [0.29, 0.717) is 15.8 Å². The number of hydrogen-bond donors (Lipinski definition) is 1. The molecule has 0 saturated heterocycles. The number of benzene rings is 1. The summed E-state index contributed by atoms with van der Waals surface area (Å²) in [6.45, 7) is 3.65. The highest BCUT2D eigenvalue weighted by Crippen LogP contribution is 2.29. The van der Waals surface area contributed by atoms with E-state index in [1.54, 1.807) is 13.0 Å². The second-order valence-electron chi connectivity index (χ2n) is 4.45. The molecule has 0 unspecified atom stereocenters. The zero-order valence-electron chi connectivity index (χ0n) is 11.2. The largest absolute Gasteiger partial charge is 0.478 e. The maximum Gasteiger partial charge on any atom is 0.338 e. The number of nitrogens with zero attached hydrogens (tertiary/aromatic N) is 1. The number of aromatic nitrogens is 1. The van der Waals surface area contributed by atoms with E-state index >= 15 is 0 Å². The Bertz CT molecular complexity index is 658. The van der Waals surface area contributed by atoms with Crippen LogP contribution in [0.1, 0.15) is 27.2 Å². The van der Waals surface area contributed by atoms with Crippen LogP contribution in [0.15, 0.2) is 35.4 Å². The Labute approximate surface area is 127 Å². The summed E-state index contributed by atoms with van der Waals surface area (Å²) in [5, 5.41) is 10.5. The minimum atomic E-state index is -0.948. The fourth-order valence-electron chi connectivity index (χ4n) is 1.93. The highest BCUT2D eigenvalue weighted by atomic mass is 35.5. The predicted octanol–water partition coefficient (Wildman–Crippen LogP) is 4.34. The van der Waals surface area contributed by atoms with Crippen LogP contribution in [0.3, 0.4) is 0 Å². The second kappa shape index (κ2) is 6.29. The van der Waals surface area contributed by atoms with Crippen molar-refractivity contribution in [3.8, 4) is 0 Å². The Morgan fingerprint density at radius 2 is 2.05 bits per heavy atom. The van der Waals surface area contributed by atoms with Gasteiger partial charge in [-0.25, -0.2) is 9.78 Å². The molecule has 2 aromatic rings. The van der Waals surface area contributed by atoms with Crippen LogP contribution in [0.4, 0.5) is 0 Å². The molecule has 0 aliphatic carbocycles. The van der Waals surface area contributed by atoms with Crippen LogP contribution in [-0.2, 0) is 5.75 Å². The topological polar surface area (TPSA) is 50.2 Å². The Balaban J connectivity index is 2.30. The summed E-state index contributed by atoms with van der Waals surface area (Å²) in [6.07, 6.45) is 0. The normalized spacial score (nSPS) is 10.6. The van der Waals surface area contributed by atoms with E-state index in [0.717, 1.165) is 16.8 Å². The third-order valence-corrected chi connectivity index (χ3v) is 4.24. The summed E-state index contributed by atoms with van der Waals surface area (Å²) in [6, 6.07) is 9.31. The Morgan fingerprint density at radius 1 is 1.35 bits per heavy atom. The lowest BCUT2D eigenvalue weighted by Crippen LogP contribution is -2.05. The van der Waals surface area contributed by atoms with Crippen molar-refractivity contribution in [2.75, 3.05) is 0 Å². The van der Waals surface area contributed by atoms with Gasteiger partial charge in [-0.3, -0.25) is 0 Å². The number of rotatable bonds is 4. The number of aryl methyl sites for hydroxylation is 2. The van der Waals surface area contributed by atoms with Crippen molar-refractivity contribution >= 4 is 29.3 Å². The predicted molar refractivity (Wildman–Crippen MR) is 81.7 cm³/mol. The van der Waals surface area contributed by atoms with Gasteiger partial charge in [-0.15, -0.1) is 11.8 Å². The first-order chi connectivity index (χ1) is 9.49. The molecule has 20 heavy (non-hydrogen) atoms. The van der Waals surface area contributed by atoms with Gasteiger partial charge in [-0.2, -0.15) is 0 Å². The number of carbonyl (C=O) groups is 1. The molecular weight excluding hydrogens is 294 g/mol. The smallest absolute Gasteiger partial charge is 0.338 e. The summed E-state index contributed by atoms with van der Waals surface area (Å²) in [7, 11) is 0. The molecule has 0 spiro atoms. The lowest BCUT2D eigenvalue weighted by molar-refractivity contribution is 0.0691. The molecule has 5 heteroatoms. The zero-order valence-corrected chi connectivity index (χ0v) is 12.8. The second-order valence-corrected chi connectivity index (χ2v) is 5.82. The molecule has 1 N–H and O–H groups in total. The fourth-order valence-corrected chi connectivity index (χ4v) is 3.36. The van der Waals surface area contributed by atoms with E-state index in [1.807, 2.05) is 31.2 Å². The van der Waals surface area contributed by atoms with Crippen molar-refractivity contribution in [1.29, 1.82) is 0 Å². The molecule has 0 atom stereocenters. The minimum Gasteiger partial charge on any atom is -0.478 e. The lowest BCUT2D eigenvalue weighted by atomic mass is 10.1.